The van der Waals surface area contributed by atoms with Crippen LogP contribution in [0.4, 0.5) is 0 Å². The van der Waals surface area contributed by atoms with Crippen molar-refractivity contribution in [2.75, 3.05) is 21.1 Å². The highest BCUT2D eigenvalue weighted by atomic mass is 35.5. The number of halogens is 2. The van der Waals surface area contributed by atoms with Gasteiger partial charge in [0.25, 0.3) is 0 Å². The van der Waals surface area contributed by atoms with Crippen molar-refractivity contribution in [3.63, 3.8) is 0 Å². The van der Waals surface area contributed by atoms with Crippen molar-refractivity contribution in [3.05, 3.63) is 57.8 Å². The van der Waals surface area contributed by atoms with Gasteiger partial charge in [0.05, 0.1) is 26.0 Å². The van der Waals surface area contributed by atoms with Crippen LogP contribution in [0.3, 0.4) is 0 Å². The molecular weight excluding hydrogens is 459 g/mol. The van der Waals surface area contributed by atoms with E-state index < -0.39 is 10.0 Å². The van der Waals surface area contributed by atoms with Crippen LogP contribution >= 0.6 is 23.2 Å². The summed E-state index contributed by atoms with van der Waals surface area (Å²) in [5, 5.41) is 0.929. The number of nitrogens with zero attached hydrogens (tertiary/aromatic N) is 4. The van der Waals surface area contributed by atoms with Crippen LogP contribution in [0.2, 0.25) is 10.0 Å². The van der Waals surface area contributed by atoms with Gasteiger partial charge in [-0.3, -0.25) is 4.79 Å². The fourth-order valence-electron chi connectivity index (χ4n) is 3.23. The van der Waals surface area contributed by atoms with Crippen LogP contribution in [-0.4, -0.2) is 54.2 Å². The number of benzene rings is 2. The Bertz CT molecular complexity index is 1240. The van der Waals surface area contributed by atoms with Crippen LogP contribution in [0.1, 0.15) is 17.8 Å². The maximum absolute atomic E-state index is 12.6. The third kappa shape index (κ3) is 5.03. The van der Waals surface area contributed by atoms with Gasteiger partial charge in [0.15, 0.2) is 0 Å². The van der Waals surface area contributed by atoms with E-state index in [-0.39, 0.29) is 17.2 Å². The van der Waals surface area contributed by atoms with Gasteiger partial charge in [0.1, 0.15) is 5.82 Å². The topological polar surface area (TPSA) is 75.5 Å². The summed E-state index contributed by atoms with van der Waals surface area (Å²) < 4.78 is 27.8. The monoisotopic (exact) mass is 482 g/mol. The summed E-state index contributed by atoms with van der Waals surface area (Å²) in [4.78, 5) is 19.0. The SMILES string of the molecule is CN(Cc1ccc(Cl)c(Cl)c1)C(=O)CCc1nc2cc(S(=O)(=O)N(C)C)ccc2n1C. The molecule has 31 heavy (non-hydrogen) atoms. The molecule has 0 aliphatic rings. The molecule has 0 N–H and O–H groups in total. The van der Waals surface area contributed by atoms with E-state index in [9.17, 15) is 13.2 Å². The van der Waals surface area contributed by atoms with E-state index in [1.54, 1.807) is 42.3 Å². The first-order chi connectivity index (χ1) is 14.5. The molecule has 0 radical (unpaired) electrons. The van der Waals surface area contributed by atoms with Crippen LogP contribution in [0.25, 0.3) is 11.0 Å². The van der Waals surface area contributed by atoms with Crippen molar-refractivity contribution in [3.8, 4) is 0 Å². The summed E-state index contributed by atoms with van der Waals surface area (Å²) in [6, 6.07) is 10.2. The molecule has 1 heterocycles. The van der Waals surface area contributed by atoms with Crippen molar-refractivity contribution in [2.45, 2.75) is 24.3 Å². The first-order valence-corrected chi connectivity index (χ1v) is 11.8. The highest BCUT2D eigenvalue weighted by Gasteiger charge is 2.19. The van der Waals surface area contributed by atoms with E-state index in [2.05, 4.69) is 4.98 Å². The summed E-state index contributed by atoms with van der Waals surface area (Å²) in [5.74, 6) is 0.680. The first-order valence-electron chi connectivity index (χ1n) is 9.56. The Morgan fingerprint density at radius 1 is 1.06 bits per heavy atom. The summed E-state index contributed by atoms with van der Waals surface area (Å²) in [7, 11) is 3.03. The van der Waals surface area contributed by atoms with Crippen LogP contribution in [-0.2, 0) is 34.8 Å². The molecule has 3 rings (SSSR count). The molecule has 0 atom stereocenters. The quantitative estimate of drug-likeness (QED) is 0.514. The Morgan fingerprint density at radius 3 is 2.42 bits per heavy atom. The lowest BCUT2D eigenvalue weighted by atomic mass is 10.2. The van der Waals surface area contributed by atoms with E-state index in [0.29, 0.717) is 34.4 Å². The minimum Gasteiger partial charge on any atom is -0.341 e. The molecule has 0 saturated heterocycles. The summed E-state index contributed by atoms with van der Waals surface area (Å²) in [6.45, 7) is 0.421. The van der Waals surface area contributed by atoms with Crippen molar-refractivity contribution in [1.82, 2.24) is 18.8 Å². The lowest BCUT2D eigenvalue weighted by molar-refractivity contribution is -0.130. The maximum atomic E-state index is 12.6. The van der Waals surface area contributed by atoms with Crippen molar-refractivity contribution >= 4 is 50.2 Å². The van der Waals surface area contributed by atoms with Crippen LogP contribution in [0.15, 0.2) is 41.3 Å². The molecular formula is C21H24Cl2N4O3S. The number of fused-ring (bicyclic) bond motifs is 1. The Hall–Kier alpha value is -2.13. The van der Waals surface area contributed by atoms with Gasteiger partial charge in [-0.25, -0.2) is 17.7 Å². The van der Waals surface area contributed by atoms with Gasteiger partial charge >= 0.3 is 0 Å². The minimum absolute atomic E-state index is 0.0333. The molecule has 3 aromatic rings. The van der Waals surface area contributed by atoms with Gasteiger partial charge < -0.3 is 9.47 Å². The van der Waals surface area contributed by atoms with Gasteiger partial charge in [-0.1, -0.05) is 29.3 Å². The number of hydrogen-bond acceptors (Lipinski definition) is 4. The lowest BCUT2D eigenvalue weighted by Gasteiger charge is -2.17. The Morgan fingerprint density at radius 2 is 1.77 bits per heavy atom. The lowest BCUT2D eigenvalue weighted by Crippen LogP contribution is -2.26. The average molecular weight is 483 g/mol. The molecule has 0 spiro atoms. The molecule has 0 aliphatic carbocycles. The van der Waals surface area contributed by atoms with E-state index in [0.717, 1.165) is 11.1 Å². The van der Waals surface area contributed by atoms with Gasteiger partial charge in [-0.15, -0.1) is 0 Å². The predicted molar refractivity (Wildman–Crippen MR) is 123 cm³/mol. The second kappa shape index (κ2) is 9.16. The molecule has 0 unspecified atom stereocenters. The molecule has 0 saturated carbocycles. The molecule has 0 aliphatic heterocycles. The highest BCUT2D eigenvalue weighted by molar-refractivity contribution is 7.89. The Labute approximate surface area is 192 Å². The smallest absolute Gasteiger partial charge is 0.242 e. The maximum Gasteiger partial charge on any atom is 0.242 e. The van der Waals surface area contributed by atoms with Crippen molar-refractivity contribution in [1.29, 1.82) is 0 Å². The van der Waals surface area contributed by atoms with Crippen molar-refractivity contribution in [2.24, 2.45) is 7.05 Å². The molecule has 166 valence electrons. The number of aryl methyl sites for hydroxylation is 2. The van der Waals surface area contributed by atoms with Gasteiger partial charge in [0, 0.05) is 47.6 Å². The fourth-order valence-corrected chi connectivity index (χ4v) is 4.48. The number of aromatic nitrogens is 2. The number of hydrogen-bond donors (Lipinski definition) is 0. The largest absolute Gasteiger partial charge is 0.341 e. The zero-order chi connectivity index (χ0) is 22.9. The third-order valence-electron chi connectivity index (χ3n) is 5.12. The predicted octanol–water partition coefficient (Wildman–Crippen LogP) is 3.72. The molecule has 10 heteroatoms. The zero-order valence-corrected chi connectivity index (χ0v) is 20.1. The Kier molecular flexibility index (Phi) is 6.95. The second-order valence-corrected chi connectivity index (χ2v) is 10.5. The van der Waals surface area contributed by atoms with E-state index >= 15 is 0 Å². The number of rotatable bonds is 7. The van der Waals surface area contributed by atoms with E-state index in [4.69, 9.17) is 23.2 Å². The Balaban J connectivity index is 1.72. The molecule has 1 amide bonds. The van der Waals surface area contributed by atoms with Crippen LogP contribution in [0.5, 0.6) is 0 Å². The molecule has 0 fully saturated rings. The normalized spacial score (nSPS) is 12.0. The molecule has 1 aromatic heterocycles. The van der Waals surface area contributed by atoms with E-state index in [1.165, 1.54) is 18.4 Å². The fraction of sp³-hybridized carbons (Fsp3) is 0.333. The second-order valence-electron chi connectivity index (χ2n) is 7.52. The standard InChI is InChI=1S/C21H24Cl2N4O3S/c1-25(2)31(29,30)15-6-8-19-18(12-15)24-20(27(19)4)9-10-21(28)26(3)13-14-5-7-16(22)17(23)11-14/h5-8,11-12H,9-10,13H2,1-4H3. The summed E-state index contributed by atoms with van der Waals surface area (Å²) in [6.07, 6.45) is 0.712. The number of sulfonamides is 1. The van der Waals surface area contributed by atoms with Gasteiger partial charge in [-0.05, 0) is 35.9 Å². The van der Waals surface area contributed by atoms with Crippen molar-refractivity contribution < 1.29 is 13.2 Å². The molecule has 2 aromatic carbocycles. The molecule has 7 nitrogen and oxygen atoms in total. The number of carbonyl (C=O) groups is 1. The van der Waals surface area contributed by atoms with E-state index in [1.807, 2.05) is 17.7 Å². The average Bonchev–Trinajstić information content (AvgIpc) is 3.03. The number of amides is 1. The minimum atomic E-state index is -3.54. The van der Waals surface area contributed by atoms with Crippen LogP contribution in [0, 0.1) is 0 Å². The van der Waals surface area contributed by atoms with Gasteiger partial charge in [0.2, 0.25) is 15.9 Å². The highest BCUT2D eigenvalue weighted by Crippen LogP contribution is 2.24. The zero-order valence-electron chi connectivity index (χ0n) is 17.8. The number of imidazole rings is 1. The summed E-state index contributed by atoms with van der Waals surface area (Å²) in [5.41, 5.74) is 2.28. The molecule has 0 bridgehead atoms. The van der Waals surface area contributed by atoms with Gasteiger partial charge in [-0.2, -0.15) is 0 Å². The summed E-state index contributed by atoms with van der Waals surface area (Å²) >= 11 is 12.0. The van der Waals surface area contributed by atoms with Crippen LogP contribution < -0.4 is 0 Å². The first kappa shape index (κ1) is 23.5. The number of carbonyl (C=O) groups excluding carboxylic acids is 1. The third-order valence-corrected chi connectivity index (χ3v) is 7.67.